The molecule has 0 aliphatic rings. The van der Waals surface area contributed by atoms with Crippen LogP contribution in [0.15, 0.2) is 170 Å². The van der Waals surface area contributed by atoms with Crippen molar-refractivity contribution in [3.63, 3.8) is 0 Å². The molecule has 0 spiro atoms. The number of hydrogen-bond donors (Lipinski definition) is 0. The van der Waals surface area contributed by atoms with E-state index in [4.69, 9.17) is 19.3 Å². The zero-order valence-corrected chi connectivity index (χ0v) is 28.3. The third-order valence-electron chi connectivity index (χ3n) is 8.69. The highest BCUT2D eigenvalue weighted by Crippen LogP contribution is 2.38. The standard InChI is InChI=1S/C44H38N3O3/c1-32(33-16-8-4-9-17-33)41(50-42(34-24-28-39(48-2)29-25-34)35-26-30-40(49-3)31-27-35)44-46(37-20-12-6-13-21-37)43(36-18-10-5-11-19-36)45-47(44)38-22-14-7-15-23-38/h4-31,42H,1-3H3/q+1/b41-32+. The zero-order valence-electron chi connectivity index (χ0n) is 28.3. The van der Waals surface area contributed by atoms with E-state index in [0.29, 0.717) is 5.76 Å². The average Bonchev–Trinajstić information content (AvgIpc) is 3.60. The third kappa shape index (κ3) is 6.64. The minimum Gasteiger partial charge on any atom is -0.497 e. The van der Waals surface area contributed by atoms with Gasteiger partial charge in [0.05, 0.1) is 24.9 Å². The molecule has 0 fully saturated rings. The fourth-order valence-corrected chi connectivity index (χ4v) is 6.06. The molecule has 0 saturated heterocycles. The van der Waals surface area contributed by atoms with Crippen molar-refractivity contribution in [2.75, 3.05) is 14.2 Å². The van der Waals surface area contributed by atoms with Crippen molar-refractivity contribution in [2.45, 2.75) is 13.0 Å². The number of methoxy groups -OCH3 is 2. The Balaban J connectivity index is 1.55. The van der Waals surface area contributed by atoms with Crippen LogP contribution >= 0.6 is 0 Å². The van der Waals surface area contributed by atoms with Crippen molar-refractivity contribution in [1.29, 1.82) is 0 Å². The maximum absolute atomic E-state index is 7.46. The molecule has 246 valence electrons. The van der Waals surface area contributed by atoms with Crippen LogP contribution < -0.4 is 14.0 Å². The second-order valence-corrected chi connectivity index (χ2v) is 11.8. The van der Waals surface area contributed by atoms with E-state index in [1.165, 1.54) is 0 Å². The number of allylic oxidation sites excluding steroid dienone is 1. The van der Waals surface area contributed by atoms with Crippen LogP contribution in [-0.4, -0.2) is 24.0 Å². The van der Waals surface area contributed by atoms with Gasteiger partial charge in [-0.05, 0) is 84.3 Å². The zero-order chi connectivity index (χ0) is 34.3. The lowest BCUT2D eigenvalue weighted by atomic mass is 10.00. The molecule has 0 radical (unpaired) electrons. The Morgan fingerprint density at radius 3 is 1.58 bits per heavy atom. The molecule has 0 aliphatic heterocycles. The molecule has 6 aromatic carbocycles. The average molecular weight is 657 g/mol. The van der Waals surface area contributed by atoms with E-state index < -0.39 is 6.10 Å². The Bertz CT molecular complexity index is 2130. The fraction of sp³-hybridized carbons (Fsp3) is 0.0909. The molecule has 50 heavy (non-hydrogen) atoms. The van der Waals surface area contributed by atoms with Crippen LogP contribution in [0.3, 0.4) is 0 Å². The molecule has 0 amide bonds. The number of aromatic nitrogens is 3. The van der Waals surface area contributed by atoms with Gasteiger partial charge in [0.1, 0.15) is 29.0 Å². The van der Waals surface area contributed by atoms with Gasteiger partial charge < -0.3 is 14.2 Å². The van der Waals surface area contributed by atoms with Gasteiger partial charge in [0, 0.05) is 5.57 Å². The van der Waals surface area contributed by atoms with Crippen LogP contribution in [0.2, 0.25) is 0 Å². The number of para-hydroxylation sites is 2. The van der Waals surface area contributed by atoms with Gasteiger partial charge >= 0.3 is 11.6 Å². The molecule has 7 rings (SSSR count). The molecule has 0 saturated carbocycles. The summed E-state index contributed by atoms with van der Waals surface area (Å²) >= 11 is 0. The molecular weight excluding hydrogens is 619 g/mol. The summed E-state index contributed by atoms with van der Waals surface area (Å²) in [7, 11) is 3.35. The Labute approximate surface area is 293 Å². The molecule has 0 N–H and O–H groups in total. The van der Waals surface area contributed by atoms with E-state index in [1.54, 1.807) is 14.2 Å². The molecule has 6 heteroatoms. The highest BCUT2D eigenvalue weighted by molar-refractivity contribution is 5.85. The molecule has 0 unspecified atom stereocenters. The molecule has 7 aromatic rings. The van der Waals surface area contributed by atoms with E-state index in [0.717, 1.165) is 62.3 Å². The molecule has 0 atom stereocenters. The second-order valence-electron chi connectivity index (χ2n) is 11.8. The van der Waals surface area contributed by atoms with Crippen molar-refractivity contribution >= 4 is 11.3 Å². The Hall–Kier alpha value is -6.40. The molecule has 6 nitrogen and oxygen atoms in total. The summed E-state index contributed by atoms with van der Waals surface area (Å²) in [6.45, 7) is 2.11. The summed E-state index contributed by atoms with van der Waals surface area (Å²) in [6.07, 6.45) is -0.496. The van der Waals surface area contributed by atoms with Gasteiger partial charge in [0.2, 0.25) is 5.76 Å². The quantitative estimate of drug-likeness (QED) is 0.103. The van der Waals surface area contributed by atoms with Gasteiger partial charge in [0.25, 0.3) is 0 Å². The predicted molar refractivity (Wildman–Crippen MR) is 198 cm³/mol. The monoisotopic (exact) mass is 656 g/mol. The number of nitrogens with zero attached hydrogens (tertiary/aromatic N) is 3. The molecular formula is C44H38N3O3+. The van der Waals surface area contributed by atoms with Crippen LogP contribution in [0.25, 0.3) is 34.1 Å². The Morgan fingerprint density at radius 1 is 0.580 bits per heavy atom. The molecule has 1 aromatic heterocycles. The second kappa shape index (κ2) is 14.8. The molecule has 1 heterocycles. The van der Waals surface area contributed by atoms with Crippen LogP contribution in [0, 0.1) is 0 Å². The summed E-state index contributed by atoms with van der Waals surface area (Å²) in [4.78, 5) is 0. The van der Waals surface area contributed by atoms with Gasteiger partial charge in [-0.3, -0.25) is 0 Å². The normalized spacial score (nSPS) is 11.6. The van der Waals surface area contributed by atoms with E-state index in [-0.39, 0.29) is 0 Å². The van der Waals surface area contributed by atoms with Crippen LogP contribution in [0.5, 0.6) is 11.5 Å². The van der Waals surface area contributed by atoms with E-state index in [9.17, 15) is 0 Å². The largest absolute Gasteiger partial charge is 0.497 e. The Kier molecular flexibility index (Phi) is 9.51. The first kappa shape index (κ1) is 32.2. The summed E-state index contributed by atoms with van der Waals surface area (Å²) < 4.78 is 22.7. The van der Waals surface area contributed by atoms with Gasteiger partial charge in [0.15, 0.2) is 0 Å². The maximum Gasteiger partial charge on any atom is 0.314 e. The van der Waals surface area contributed by atoms with Gasteiger partial charge in [-0.2, -0.15) is 4.57 Å². The SMILES string of the molecule is COc1ccc(C(O/C(=C(\C)c2ccccc2)c2n(-c3ccccc3)nc(-c3ccccc3)[n+]2-c2ccccc2)c2ccc(OC)cc2)cc1. The third-order valence-corrected chi connectivity index (χ3v) is 8.69. The van der Waals surface area contributed by atoms with Crippen molar-refractivity contribution in [2.24, 2.45) is 0 Å². The molecule has 0 bridgehead atoms. The number of ether oxygens (including phenoxy) is 3. The first-order chi connectivity index (χ1) is 24.6. The van der Waals surface area contributed by atoms with Crippen LogP contribution in [0.4, 0.5) is 0 Å². The summed E-state index contributed by atoms with van der Waals surface area (Å²) in [6, 6.07) is 57.3. The highest BCUT2D eigenvalue weighted by Gasteiger charge is 2.36. The first-order valence-electron chi connectivity index (χ1n) is 16.6. The summed E-state index contributed by atoms with van der Waals surface area (Å²) in [5.41, 5.74) is 6.76. The lowest BCUT2D eigenvalue weighted by Gasteiger charge is -2.23. The predicted octanol–water partition coefficient (Wildman–Crippen LogP) is 9.53. The first-order valence-corrected chi connectivity index (χ1v) is 16.6. The van der Waals surface area contributed by atoms with Gasteiger partial charge in [-0.15, -0.1) is 0 Å². The van der Waals surface area contributed by atoms with Crippen molar-refractivity contribution in [1.82, 2.24) is 9.78 Å². The van der Waals surface area contributed by atoms with Crippen molar-refractivity contribution in [3.05, 3.63) is 192 Å². The lowest BCUT2D eigenvalue weighted by Crippen LogP contribution is -2.37. The Morgan fingerprint density at radius 2 is 1.06 bits per heavy atom. The minimum absolute atomic E-state index is 0.496. The van der Waals surface area contributed by atoms with Crippen molar-refractivity contribution in [3.8, 4) is 34.3 Å². The number of benzene rings is 6. The van der Waals surface area contributed by atoms with E-state index >= 15 is 0 Å². The smallest absolute Gasteiger partial charge is 0.314 e. The number of rotatable bonds is 11. The topological polar surface area (TPSA) is 49.4 Å². The van der Waals surface area contributed by atoms with Crippen molar-refractivity contribution < 1.29 is 18.8 Å². The molecule has 0 aliphatic carbocycles. The summed E-state index contributed by atoms with van der Waals surface area (Å²) in [5.74, 6) is 3.78. The summed E-state index contributed by atoms with van der Waals surface area (Å²) in [5, 5.41) is 5.35. The van der Waals surface area contributed by atoms with Gasteiger partial charge in [-0.25, -0.2) is 0 Å². The van der Waals surface area contributed by atoms with Gasteiger partial charge in [-0.1, -0.05) is 114 Å². The fourth-order valence-electron chi connectivity index (χ4n) is 6.06. The minimum atomic E-state index is -0.496. The lowest BCUT2D eigenvalue weighted by molar-refractivity contribution is -0.588. The number of hydrogen-bond acceptors (Lipinski definition) is 4. The maximum atomic E-state index is 7.46. The van der Waals surface area contributed by atoms with E-state index in [1.807, 2.05) is 89.6 Å². The van der Waals surface area contributed by atoms with E-state index in [2.05, 4.69) is 96.4 Å². The highest BCUT2D eigenvalue weighted by atomic mass is 16.5. The van der Waals surface area contributed by atoms with Crippen LogP contribution in [-0.2, 0) is 4.74 Å². The van der Waals surface area contributed by atoms with Crippen LogP contribution in [0.1, 0.15) is 35.5 Å².